The molecule has 6 rings (SSSR count). The van der Waals surface area contributed by atoms with Gasteiger partial charge >= 0.3 is 0 Å². The van der Waals surface area contributed by atoms with E-state index in [4.69, 9.17) is 9.72 Å². The molecule has 37 heavy (non-hydrogen) atoms. The van der Waals surface area contributed by atoms with Crippen molar-refractivity contribution in [2.45, 2.75) is 6.61 Å². The van der Waals surface area contributed by atoms with E-state index in [0.29, 0.717) is 23.3 Å². The van der Waals surface area contributed by atoms with E-state index in [9.17, 15) is 4.79 Å². The minimum Gasteiger partial charge on any atom is -0.489 e. The lowest BCUT2D eigenvalue weighted by Crippen LogP contribution is -2.20. The second-order valence-electron chi connectivity index (χ2n) is 8.68. The van der Waals surface area contributed by atoms with Gasteiger partial charge in [-0.1, -0.05) is 97.1 Å². The summed E-state index contributed by atoms with van der Waals surface area (Å²) in [5, 5.41) is 7.45. The second-order valence-corrected chi connectivity index (χ2v) is 8.68. The smallest absolute Gasteiger partial charge is 0.282 e. The topological polar surface area (TPSA) is 56.5 Å². The Morgan fingerprint density at radius 1 is 0.757 bits per heavy atom. The molecule has 0 unspecified atom stereocenters. The van der Waals surface area contributed by atoms with Gasteiger partial charge in [0, 0.05) is 5.56 Å². The third kappa shape index (κ3) is 4.62. The van der Waals surface area contributed by atoms with Gasteiger partial charge in [0.25, 0.3) is 5.56 Å². The predicted molar refractivity (Wildman–Crippen MR) is 149 cm³/mol. The van der Waals surface area contributed by atoms with Crippen LogP contribution in [-0.4, -0.2) is 15.9 Å². The molecule has 6 aromatic rings. The van der Waals surface area contributed by atoms with Crippen LogP contribution in [0.3, 0.4) is 0 Å². The van der Waals surface area contributed by atoms with E-state index in [-0.39, 0.29) is 5.56 Å². The molecular weight excluding hydrogens is 458 g/mol. The van der Waals surface area contributed by atoms with Crippen molar-refractivity contribution < 1.29 is 4.74 Å². The second kappa shape index (κ2) is 9.91. The third-order valence-electron chi connectivity index (χ3n) is 6.24. The molecule has 1 aromatic heterocycles. The zero-order valence-corrected chi connectivity index (χ0v) is 20.0. The molecule has 0 spiro atoms. The van der Waals surface area contributed by atoms with E-state index >= 15 is 0 Å². The van der Waals surface area contributed by atoms with Crippen molar-refractivity contribution in [2.24, 2.45) is 5.10 Å². The number of aromatic nitrogens is 2. The number of nitrogens with zero attached hydrogens (tertiary/aromatic N) is 3. The lowest BCUT2D eigenvalue weighted by molar-refractivity contribution is 0.307. The number of hydrogen-bond donors (Lipinski definition) is 0. The van der Waals surface area contributed by atoms with Crippen molar-refractivity contribution in [3.63, 3.8) is 0 Å². The summed E-state index contributed by atoms with van der Waals surface area (Å²) < 4.78 is 7.49. The average molecular weight is 482 g/mol. The molecule has 0 atom stereocenters. The highest BCUT2D eigenvalue weighted by molar-refractivity contribution is 5.85. The summed E-state index contributed by atoms with van der Waals surface area (Å²) in [6.07, 6.45) is 1.66. The predicted octanol–water partition coefficient (Wildman–Crippen LogP) is 6.68. The first kappa shape index (κ1) is 22.4. The Balaban J connectivity index is 1.32. The molecule has 178 valence electrons. The van der Waals surface area contributed by atoms with Gasteiger partial charge in [0.1, 0.15) is 12.4 Å². The van der Waals surface area contributed by atoms with Crippen molar-refractivity contribution in [3.8, 4) is 17.1 Å². The van der Waals surface area contributed by atoms with Crippen LogP contribution in [0.25, 0.3) is 33.1 Å². The fourth-order valence-electron chi connectivity index (χ4n) is 4.39. The molecule has 0 fully saturated rings. The summed E-state index contributed by atoms with van der Waals surface area (Å²) in [5.41, 5.74) is 3.17. The summed E-state index contributed by atoms with van der Waals surface area (Å²) in [6.45, 7) is 0.453. The van der Waals surface area contributed by atoms with Crippen molar-refractivity contribution in [3.05, 3.63) is 143 Å². The van der Waals surface area contributed by atoms with E-state index in [1.165, 1.54) is 15.4 Å². The Morgan fingerprint density at radius 3 is 2.38 bits per heavy atom. The Kier molecular flexibility index (Phi) is 6.01. The first-order chi connectivity index (χ1) is 18.3. The van der Waals surface area contributed by atoms with Crippen LogP contribution >= 0.6 is 0 Å². The standard InChI is InChI=1S/C32H23N3O2/c36-32-29-18-6-7-19-30(29)34-31(25-12-2-1-3-13-25)35(32)33-21-23-10-8-16-27(20-23)37-22-26-15-9-14-24-11-4-5-17-28(24)26/h1-21H,22H2. The van der Waals surface area contributed by atoms with Crippen molar-refractivity contribution in [2.75, 3.05) is 0 Å². The molecule has 0 aliphatic heterocycles. The maximum atomic E-state index is 13.4. The zero-order chi connectivity index (χ0) is 25.0. The van der Waals surface area contributed by atoms with Gasteiger partial charge < -0.3 is 4.74 Å². The Hall–Kier alpha value is -5.03. The molecule has 0 N–H and O–H groups in total. The number of para-hydroxylation sites is 1. The van der Waals surface area contributed by atoms with E-state index < -0.39 is 0 Å². The Bertz CT molecular complexity index is 1800. The van der Waals surface area contributed by atoms with Crippen LogP contribution < -0.4 is 10.3 Å². The monoisotopic (exact) mass is 481 g/mol. The van der Waals surface area contributed by atoms with Gasteiger partial charge in [0.05, 0.1) is 17.1 Å². The number of hydrogen-bond acceptors (Lipinski definition) is 4. The van der Waals surface area contributed by atoms with Crippen LogP contribution in [0.5, 0.6) is 5.75 Å². The lowest BCUT2D eigenvalue weighted by Gasteiger charge is -2.10. The van der Waals surface area contributed by atoms with Gasteiger partial charge in [-0.15, -0.1) is 0 Å². The van der Waals surface area contributed by atoms with Gasteiger partial charge in [-0.05, 0) is 46.2 Å². The largest absolute Gasteiger partial charge is 0.489 e. The third-order valence-corrected chi connectivity index (χ3v) is 6.24. The highest BCUT2D eigenvalue weighted by Crippen LogP contribution is 2.22. The summed E-state index contributed by atoms with van der Waals surface area (Å²) >= 11 is 0. The normalized spacial score (nSPS) is 11.4. The molecule has 0 saturated heterocycles. The van der Waals surface area contributed by atoms with E-state index in [1.807, 2.05) is 91.0 Å². The fourth-order valence-corrected chi connectivity index (χ4v) is 4.39. The zero-order valence-electron chi connectivity index (χ0n) is 20.0. The van der Waals surface area contributed by atoms with Crippen molar-refractivity contribution in [1.29, 1.82) is 0 Å². The summed E-state index contributed by atoms with van der Waals surface area (Å²) in [7, 11) is 0. The Labute approximate surface area is 213 Å². The molecule has 0 aliphatic rings. The molecule has 5 heteroatoms. The SMILES string of the molecule is O=c1c2ccccc2nc(-c2ccccc2)n1N=Cc1cccc(OCc2cccc3ccccc23)c1. The molecule has 5 nitrogen and oxygen atoms in total. The van der Waals surface area contributed by atoms with Crippen LogP contribution in [0.4, 0.5) is 0 Å². The molecule has 0 aliphatic carbocycles. The van der Waals surface area contributed by atoms with Crippen molar-refractivity contribution >= 4 is 27.9 Å². The first-order valence-corrected chi connectivity index (χ1v) is 12.1. The maximum Gasteiger partial charge on any atom is 0.282 e. The summed E-state index contributed by atoms with van der Waals surface area (Å²) in [6, 6.07) is 39.1. The van der Waals surface area contributed by atoms with Gasteiger partial charge in [0.2, 0.25) is 0 Å². The number of rotatable bonds is 6. The highest BCUT2D eigenvalue weighted by atomic mass is 16.5. The average Bonchev–Trinajstić information content (AvgIpc) is 2.96. The molecule has 5 aromatic carbocycles. The maximum absolute atomic E-state index is 13.4. The highest BCUT2D eigenvalue weighted by Gasteiger charge is 2.12. The Morgan fingerprint density at radius 2 is 1.49 bits per heavy atom. The quantitative estimate of drug-likeness (QED) is 0.249. The number of benzene rings is 5. The molecule has 0 amide bonds. The molecule has 0 saturated carbocycles. The minimum atomic E-state index is -0.218. The van der Waals surface area contributed by atoms with Crippen LogP contribution in [-0.2, 0) is 6.61 Å². The summed E-state index contributed by atoms with van der Waals surface area (Å²) in [5.74, 6) is 1.22. The van der Waals surface area contributed by atoms with Crippen LogP contribution in [0.1, 0.15) is 11.1 Å². The van der Waals surface area contributed by atoms with Crippen molar-refractivity contribution in [1.82, 2.24) is 9.66 Å². The van der Waals surface area contributed by atoms with Gasteiger partial charge in [-0.25, -0.2) is 4.98 Å². The van der Waals surface area contributed by atoms with Gasteiger partial charge in [-0.2, -0.15) is 9.78 Å². The summed E-state index contributed by atoms with van der Waals surface area (Å²) in [4.78, 5) is 18.1. The molecular formula is C32H23N3O2. The van der Waals surface area contributed by atoms with E-state index in [1.54, 1.807) is 12.3 Å². The lowest BCUT2D eigenvalue weighted by atomic mass is 10.1. The number of ether oxygens (including phenoxy) is 1. The van der Waals surface area contributed by atoms with Crippen LogP contribution in [0.2, 0.25) is 0 Å². The molecule has 0 radical (unpaired) electrons. The minimum absolute atomic E-state index is 0.218. The first-order valence-electron chi connectivity index (χ1n) is 12.1. The van der Waals surface area contributed by atoms with E-state index in [0.717, 1.165) is 22.4 Å². The molecule has 1 heterocycles. The number of fused-ring (bicyclic) bond motifs is 2. The van der Waals surface area contributed by atoms with E-state index in [2.05, 4.69) is 29.4 Å². The molecule has 0 bridgehead atoms. The van der Waals surface area contributed by atoms with Gasteiger partial charge in [0.15, 0.2) is 5.82 Å². The van der Waals surface area contributed by atoms with Crippen LogP contribution in [0.15, 0.2) is 131 Å². The van der Waals surface area contributed by atoms with Crippen LogP contribution in [0, 0.1) is 0 Å². The fraction of sp³-hybridized carbons (Fsp3) is 0.0312. The van der Waals surface area contributed by atoms with Gasteiger partial charge in [-0.3, -0.25) is 4.79 Å².